The molecule has 1 aliphatic rings. The van der Waals surface area contributed by atoms with Gasteiger partial charge in [-0.05, 0) is 55.3 Å². The van der Waals surface area contributed by atoms with E-state index >= 15 is 0 Å². The molecule has 2 rings (SSSR count). The van der Waals surface area contributed by atoms with Crippen LogP contribution in [-0.4, -0.2) is 122 Å². The molecule has 0 bridgehead atoms. The highest BCUT2D eigenvalue weighted by molar-refractivity contribution is 6.35. The van der Waals surface area contributed by atoms with Crippen molar-refractivity contribution >= 4 is 52.8 Å². The smallest absolute Gasteiger partial charge is 0.326 e. The van der Waals surface area contributed by atoms with Gasteiger partial charge in [0.2, 0.25) is 23.6 Å². The number of likely N-dealkylation sites (N-methyl/N-ethyl adjacent to an activating group) is 2. The van der Waals surface area contributed by atoms with Gasteiger partial charge >= 0.3 is 5.97 Å². The molecule has 9 atom stereocenters. The molecule has 4 amide bonds. The molecular weight excluding hydrogens is 737 g/mol. The van der Waals surface area contributed by atoms with Crippen molar-refractivity contribution in [3.05, 3.63) is 33.8 Å². The molecule has 54 heavy (non-hydrogen) atoms. The Morgan fingerprint density at radius 3 is 2.09 bits per heavy atom. The number of methoxy groups -OCH3 is 2. The maximum Gasteiger partial charge on any atom is 0.326 e. The zero-order valence-corrected chi connectivity index (χ0v) is 35.3. The predicted octanol–water partition coefficient (Wildman–Crippen LogP) is 4.41. The van der Waals surface area contributed by atoms with Gasteiger partial charge in [0, 0.05) is 44.3 Å². The summed E-state index contributed by atoms with van der Waals surface area (Å²) in [5.74, 6) is -3.56. The number of benzene rings is 1. The van der Waals surface area contributed by atoms with E-state index in [9.17, 15) is 29.1 Å². The van der Waals surface area contributed by atoms with Crippen molar-refractivity contribution < 1.29 is 38.6 Å². The third-order valence-corrected chi connectivity index (χ3v) is 11.4. The first-order chi connectivity index (χ1) is 25.3. The van der Waals surface area contributed by atoms with E-state index in [-0.39, 0.29) is 48.3 Å². The zero-order chi connectivity index (χ0) is 41.0. The number of carboxylic acid groups (broad SMARTS) is 1. The third kappa shape index (κ3) is 12.3. The lowest BCUT2D eigenvalue weighted by atomic mass is 9.89. The minimum atomic E-state index is -1.26. The van der Waals surface area contributed by atoms with Crippen LogP contribution in [-0.2, 0) is 39.9 Å². The SMILES string of the molecule is CC[C@H](C)C([C@@H](CC(=O)N1CCC[C@H]1[C@H](OC)[C@@H](C)C(=O)N[C@@H](Cc1ccc(Cl)cc1Cl)C(=O)O)OC)N(C)C(=O)[C@@H](NC(=O)[C@@H](NC)C(C)C)C(C)C. The van der Waals surface area contributed by atoms with Crippen LogP contribution in [0.1, 0.15) is 79.7 Å². The van der Waals surface area contributed by atoms with Gasteiger partial charge in [-0.3, -0.25) is 19.2 Å². The second kappa shape index (κ2) is 21.9. The van der Waals surface area contributed by atoms with Gasteiger partial charge in [0.15, 0.2) is 0 Å². The van der Waals surface area contributed by atoms with Gasteiger partial charge in [0.25, 0.3) is 0 Å². The molecule has 1 heterocycles. The molecular formula is C39H63Cl2N5O8. The van der Waals surface area contributed by atoms with Gasteiger partial charge in [0.05, 0.1) is 42.7 Å². The number of amides is 4. The van der Waals surface area contributed by atoms with E-state index in [1.807, 2.05) is 41.5 Å². The summed E-state index contributed by atoms with van der Waals surface area (Å²) in [7, 11) is 6.40. The number of halogens is 2. The molecule has 4 N–H and O–H groups in total. The van der Waals surface area contributed by atoms with Crippen LogP contribution in [0.25, 0.3) is 0 Å². The summed E-state index contributed by atoms with van der Waals surface area (Å²) in [4.78, 5) is 70.5. The van der Waals surface area contributed by atoms with Crippen LogP contribution in [0.15, 0.2) is 18.2 Å². The fourth-order valence-electron chi connectivity index (χ4n) is 7.46. The van der Waals surface area contributed by atoms with Gasteiger partial charge in [-0.2, -0.15) is 0 Å². The quantitative estimate of drug-likeness (QED) is 0.141. The van der Waals surface area contributed by atoms with Crippen molar-refractivity contribution in [1.82, 2.24) is 25.8 Å². The van der Waals surface area contributed by atoms with Crippen molar-refractivity contribution in [3.63, 3.8) is 0 Å². The summed E-state index contributed by atoms with van der Waals surface area (Å²) in [6.45, 7) is 13.7. The van der Waals surface area contributed by atoms with E-state index in [1.165, 1.54) is 20.3 Å². The van der Waals surface area contributed by atoms with E-state index < -0.39 is 60.2 Å². The van der Waals surface area contributed by atoms with Crippen molar-refractivity contribution in [2.75, 3.05) is 34.9 Å². The van der Waals surface area contributed by atoms with Crippen LogP contribution in [0.2, 0.25) is 10.0 Å². The van der Waals surface area contributed by atoms with Gasteiger partial charge in [-0.1, -0.05) is 84.2 Å². The fourth-order valence-corrected chi connectivity index (χ4v) is 7.95. The topological polar surface area (TPSA) is 167 Å². The average molecular weight is 801 g/mol. The summed E-state index contributed by atoms with van der Waals surface area (Å²) in [6.07, 6.45) is 0.468. The fraction of sp³-hybridized carbons (Fsp3) is 0.718. The lowest BCUT2D eigenvalue weighted by molar-refractivity contribution is -0.148. The van der Waals surface area contributed by atoms with Crippen molar-refractivity contribution in [2.24, 2.45) is 23.7 Å². The van der Waals surface area contributed by atoms with Gasteiger partial charge in [-0.25, -0.2) is 4.79 Å². The number of carbonyl (C=O) groups is 5. The van der Waals surface area contributed by atoms with Crippen LogP contribution in [0, 0.1) is 23.7 Å². The monoisotopic (exact) mass is 799 g/mol. The molecule has 15 heteroatoms. The number of carbonyl (C=O) groups excluding carboxylic acids is 4. The Balaban J connectivity index is 2.28. The normalized spacial score (nSPS) is 19.0. The zero-order valence-electron chi connectivity index (χ0n) is 33.8. The van der Waals surface area contributed by atoms with Gasteiger partial charge in [-0.15, -0.1) is 0 Å². The number of hydrogen-bond donors (Lipinski definition) is 4. The molecule has 1 fully saturated rings. The number of hydrogen-bond acceptors (Lipinski definition) is 8. The Hall–Kier alpha value is -2.97. The first-order valence-electron chi connectivity index (χ1n) is 18.9. The number of aliphatic carboxylic acids is 1. The molecule has 1 aromatic rings. The first-order valence-corrected chi connectivity index (χ1v) is 19.7. The maximum absolute atomic E-state index is 14.2. The summed E-state index contributed by atoms with van der Waals surface area (Å²) >= 11 is 12.3. The lowest BCUT2D eigenvalue weighted by Crippen LogP contribution is -2.59. The molecule has 1 saturated heterocycles. The predicted molar refractivity (Wildman–Crippen MR) is 210 cm³/mol. The second-order valence-corrected chi connectivity index (χ2v) is 16.0. The standard InChI is InChI=1S/C39H63Cl2N5O8/c1-12-23(6)34(45(9)38(50)33(22(4)5)44-37(49)32(42-8)21(2)3)30(53-10)20-31(47)46-17-13-14-29(46)35(54-11)24(7)36(48)43-28(39(51)52)18-25-15-16-26(40)19-27(25)41/h15-16,19,21-24,28-30,32-35,42H,12-14,17-18,20H2,1-11H3,(H,43,48)(H,44,49)(H,51,52)/t23-,24+,28-,29-,30+,32-,33-,34?,35+/m0/s1. The lowest BCUT2D eigenvalue weighted by Gasteiger charge is -2.41. The molecule has 306 valence electrons. The molecule has 0 spiro atoms. The number of nitrogens with one attached hydrogen (secondary N) is 3. The Kier molecular flexibility index (Phi) is 19.2. The second-order valence-electron chi connectivity index (χ2n) is 15.2. The summed E-state index contributed by atoms with van der Waals surface area (Å²) in [6, 6.07) is 1.26. The summed E-state index contributed by atoms with van der Waals surface area (Å²) in [5.41, 5.74) is 0.519. The van der Waals surface area contributed by atoms with Crippen molar-refractivity contribution in [2.45, 2.75) is 123 Å². The van der Waals surface area contributed by atoms with Gasteiger partial charge < -0.3 is 40.3 Å². The number of nitrogens with zero attached hydrogens (tertiary/aromatic N) is 2. The first kappa shape index (κ1) is 47.2. The molecule has 1 aromatic carbocycles. The summed E-state index contributed by atoms with van der Waals surface area (Å²) < 4.78 is 11.8. The number of ether oxygens (including phenoxy) is 2. The highest BCUT2D eigenvalue weighted by atomic mass is 35.5. The number of likely N-dealkylation sites (tertiary alicyclic amines) is 1. The minimum Gasteiger partial charge on any atom is -0.480 e. The minimum absolute atomic E-state index is 0.0123. The summed E-state index contributed by atoms with van der Waals surface area (Å²) in [5, 5.41) is 19.3. The van der Waals surface area contributed by atoms with E-state index in [0.717, 1.165) is 0 Å². The van der Waals surface area contributed by atoms with Crippen molar-refractivity contribution in [3.8, 4) is 0 Å². The molecule has 1 unspecified atom stereocenters. The Bertz CT molecular complexity index is 1430. The highest BCUT2D eigenvalue weighted by Gasteiger charge is 2.43. The largest absolute Gasteiger partial charge is 0.480 e. The van der Waals surface area contributed by atoms with E-state index in [0.29, 0.717) is 41.4 Å². The van der Waals surface area contributed by atoms with Crippen LogP contribution in [0.5, 0.6) is 0 Å². The average Bonchev–Trinajstić information content (AvgIpc) is 3.60. The number of rotatable bonds is 21. The molecule has 1 aliphatic heterocycles. The van der Waals surface area contributed by atoms with Crippen molar-refractivity contribution in [1.29, 1.82) is 0 Å². The molecule has 0 radical (unpaired) electrons. The Labute approximate surface area is 331 Å². The molecule has 13 nitrogen and oxygen atoms in total. The highest BCUT2D eigenvalue weighted by Crippen LogP contribution is 2.30. The molecule has 0 aliphatic carbocycles. The Morgan fingerprint density at radius 2 is 1.59 bits per heavy atom. The van der Waals surface area contributed by atoms with E-state index in [1.54, 1.807) is 43.0 Å². The van der Waals surface area contributed by atoms with Gasteiger partial charge in [0.1, 0.15) is 12.1 Å². The molecule has 0 aromatic heterocycles. The van der Waals surface area contributed by atoms with Crippen LogP contribution in [0.3, 0.4) is 0 Å². The maximum atomic E-state index is 14.2. The van der Waals surface area contributed by atoms with Crippen LogP contribution >= 0.6 is 23.2 Å². The Morgan fingerprint density at radius 1 is 0.963 bits per heavy atom. The third-order valence-electron chi connectivity index (χ3n) is 10.8. The van der Waals surface area contributed by atoms with E-state index in [4.69, 9.17) is 32.7 Å². The van der Waals surface area contributed by atoms with Crippen LogP contribution < -0.4 is 16.0 Å². The molecule has 0 saturated carbocycles. The van der Waals surface area contributed by atoms with E-state index in [2.05, 4.69) is 16.0 Å². The number of carboxylic acids is 1. The van der Waals surface area contributed by atoms with Crippen LogP contribution in [0.4, 0.5) is 0 Å².